The molecule has 1 aliphatic heterocycles. The van der Waals surface area contributed by atoms with E-state index in [2.05, 4.69) is 10.2 Å². The molecular weight excluding hydrogens is 272 g/mol. The van der Waals surface area contributed by atoms with Crippen molar-refractivity contribution >= 4 is 17.7 Å². The van der Waals surface area contributed by atoms with Crippen LogP contribution in [0.4, 0.5) is 0 Å². The van der Waals surface area contributed by atoms with Gasteiger partial charge in [-0.05, 0) is 38.1 Å². The first-order valence-electron chi connectivity index (χ1n) is 7.44. The molecule has 2 rings (SSSR count). The number of carbonyl (C=O) groups excluding carboxylic acids is 1. The molecule has 1 amide bonds. The van der Waals surface area contributed by atoms with E-state index in [9.17, 15) is 4.79 Å². The molecule has 1 saturated heterocycles. The maximum atomic E-state index is 11.7. The predicted octanol–water partition coefficient (Wildman–Crippen LogP) is 2.51. The minimum absolute atomic E-state index is 0.0854. The first-order valence-corrected chi connectivity index (χ1v) is 8.59. The highest BCUT2D eigenvalue weighted by atomic mass is 32.2. The maximum Gasteiger partial charge on any atom is 0.230 e. The van der Waals surface area contributed by atoms with Crippen LogP contribution in [-0.2, 0) is 11.3 Å². The second-order valence-corrected chi connectivity index (χ2v) is 6.27. The zero-order chi connectivity index (χ0) is 14.0. The summed E-state index contributed by atoms with van der Waals surface area (Å²) in [7, 11) is 0. The Kier molecular flexibility index (Phi) is 7.01. The average Bonchev–Trinajstić information content (AvgIpc) is 2.84. The third kappa shape index (κ3) is 6.01. The van der Waals surface area contributed by atoms with Crippen LogP contribution in [0.1, 0.15) is 31.4 Å². The zero-order valence-electron chi connectivity index (χ0n) is 12.0. The van der Waals surface area contributed by atoms with Gasteiger partial charge in [0.2, 0.25) is 5.91 Å². The minimum atomic E-state index is 0.0854. The predicted molar refractivity (Wildman–Crippen MR) is 82.8 cm³/mol. The van der Waals surface area contributed by atoms with Crippen molar-refractivity contribution in [2.75, 3.05) is 31.1 Å². The molecule has 0 spiro atoms. The molecule has 2 heterocycles. The number of rotatable bonds is 7. The van der Waals surface area contributed by atoms with Crippen molar-refractivity contribution in [1.82, 2.24) is 10.2 Å². The summed E-state index contributed by atoms with van der Waals surface area (Å²) in [6, 6.07) is 3.70. The quantitative estimate of drug-likeness (QED) is 0.785. The van der Waals surface area contributed by atoms with Crippen LogP contribution >= 0.6 is 11.8 Å². The van der Waals surface area contributed by atoms with Gasteiger partial charge in [0, 0.05) is 12.3 Å². The van der Waals surface area contributed by atoms with E-state index in [4.69, 9.17) is 4.42 Å². The highest BCUT2D eigenvalue weighted by molar-refractivity contribution is 7.99. The number of amides is 1. The van der Waals surface area contributed by atoms with Gasteiger partial charge >= 0.3 is 0 Å². The number of carbonyl (C=O) groups is 1. The molecule has 0 radical (unpaired) electrons. The summed E-state index contributed by atoms with van der Waals surface area (Å²) < 4.78 is 5.17. The summed E-state index contributed by atoms with van der Waals surface area (Å²) in [6.45, 7) is 4.05. The molecule has 0 unspecified atom stereocenters. The standard InChI is InChI=1S/C15H24N2O2S/c18-15(16-12-14-6-5-10-19-14)13-20-11-9-17-7-3-1-2-4-8-17/h5-6,10H,1-4,7-9,11-13H2,(H,16,18). The number of likely N-dealkylation sites (tertiary alicyclic amines) is 1. The van der Waals surface area contributed by atoms with Gasteiger partial charge in [-0.1, -0.05) is 12.8 Å². The van der Waals surface area contributed by atoms with Crippen LogP contribution < -0.4 is 5.32 Å². The number of hydrogen-bond acceptors (Lipinski definition) is 4. The third-order valence-electron chi connectivity index (χ3n) is 3.52. The van der Waals surface area contributed by atoms with E-state index in [1.165, 1.54) is 38.8 Å². The number of nitrogens with one attached hydrogen (secondary N) is 1. The minimum Gasteiger partial charge on any atom is -0.467 e. The summed E-state index contributed by atoms with van der Waals surface area (Å²) in [6.07, 6.45) is 7.03. The van der Waals surface area contributed by atoms with Crippen molar-refractivity contribution in [1.29, 1.82) is 0 Å². The molecule has 5 heteroatoms. The summed E-state index contributed by atoms with van der Waals surface area (Å²) in [4.78, 5) is 14.2. The van der Waals surface area contributed by atoms with Crippen LogP contribution in [0.15, 0.2) is 22.8 Å². The van der Waals surface area contributed by atoms with Crippen molar-refractivity contribution in [2.24, 2.45) is 0 Å². The van der Waals surface area contributed by atoms with Gasteiger partial charge in [0.05, 0.1) is 18.6 Å². The largest absolute Gasteiger partial charge is 0.467 e. The second kappa shape index (κ2) is 9.08. The summed E-state index contributed by atoms with van der Waals surface area (Å²) >= 11 is 1.71. The molecule has 0 atom stereocenters. The number of hydrogen-bond donors (Lipinski definition) is 1. The molecule has 0 saturated carbocycles. The first kappa shape index (κ1) is 15.4. The van der Waals surface area contributed by atoms with Crippen LogP contribution in [0.2, 0.25) is 0 Å². The van der Waals surface area contributed by atoms with E-state index in [1.54, 1.807) is 18.0 Å². The number of nitrogens with zero attached hydrogens (tertiary/aromatic N) is 1. The van der Waals surface area contributed by atoms with Crippen molar-refractivity contribution in [3.05, 3.63) is 24.2 Å². The van der Waals surface area contributed by atoms with Crippen LogP contribution in [0, 0.1) is 0 Å². The molecule has 1 aliphatic rings. The van der Waals surface area contributed by atoms with E-state index < -0.39 is 0 Å². The second-order valence-electron chi connectivity index (χ2n) is 5.16. The fraction of sp³-hybridized carbons (Fsp3) is 0.667. The summed E-state index contributed by atoms with van der Waals surface area (Å²) in [5.74, 6) is 2.46. The van der Waals surface area contributed by atoms with Crippen molar-refractivity contribution in [2.45, 2.75) is 32.2 Å². The Balaban J connectivity index is 1.50. The molecule has 4 nitrogen and oxygen atoms in total. The van der Waals surface area contributed by atoms with Gasteiger partial charge in [0.1, 0.15) is 5.76 Å². The molecular formula is C15H24N2O2S. The topological polar surface area (TPSA) is 45.5 Å². The lowest BCUT2D eigenvalue weighted by Gasteiger charge is -2.19. The Labute approximate surface area is 125 Å². The Morgan fingerprint density at radius 1 is 1.30 bits per heavy atom. The van der Waals surface area contributed by atoms with Crippen molar-refractivity contribution in [3.8, 4) is 0 Å². The Morgan fingerprint density at radius 3 is 2.80 bits per heavy atom. The number of thioether (sulfide) groups is 1. The Morgan fingerprint density at radius 2 is 2.10 bits per heavy atom. The first-order chi connectivity index (χ1) is 9.84. The van der Waals surface area contributed by atoms with Gasteiger partial charge < -0.3 is 14.6 Å². The van der Waals surface area contributed by atoms with Gasteiger partial charge in [-0.25, -0.2) is 0 Å². The van der Waals surface area contributed by atoms with E-state index in [-0.39, 0.29) is 5.91 Å². The van der Waals surface area contributed by atoms with E-state index in [1.807, 2.05) is 12.1 Å². The number of furan rings is 1. The van der Waals surface area contributed by atoms with Crippen LogP contribution in [0.5, 0.6) is 0 Å². The lowest BCUT2D eigenvalue weighted by molar-refractivity contribution is -0.118. The van der Waals surface area contributed by atoms with Gasteiger partial charge in [0.15, 0.2) is 0 Å². The van der Waals surface area contributed by atoms with Gasteiger partial charge in [-0.3, -0.25) is 4.79 Å². The highest BCUT2D eigenvalue weighted by Crippen LogP contribution is 2.10. The van der Waals surface area contributed by atoms with Crippen molar-refractivity contribution < 1.29 is 9.21 Å². The van der Waals surface area contributed by atoms with Crippen LogP contribution in [-0.4, -0.2) is 41.9 Å². The maximum absolute atomic E-state index is 11.7. The Hall–Kier alpha value is -0.940. The molecule has 1 aromatic rings. The molecule has 0 aliphatic carbocycles. The van der Waals surface area contributed by atoms with E-state index >= 15 is 0 Å². The summed E-state index contributed by atoms with van der Waals surface area (Å²) in [5.41, 5.74) is 0. The molecule has 112 valence electrons. The van der Waals surface area contributed by atoms with Gasteiger partial charge in [0.25, 0.3) is 0 Å². The highest BCUT2D eigenvalue weighted by Gasteiger charge is 2.09. The van der Waals surface area contributed by atoms with Crippen LogP contribution in [0.25, 0.3) is 0 Å². The van der Waals surface area contributed by atoms with E-state index in [0.29, 0.717) is 12.3 Å². The average molecular weight is 296 g/mol. The lowest BCUT2D eigenvalue weighted by atomic mass is 10.2. The molecule has 0 aromatic carbocycles. The van der Waals surface area contributed by atoms with Crippen LogP contribution in [0.3, 0.4) is 0 Å². The van der Waals surface area contributed by atoms with Gasteiger partial charge in [-0.2, -0.15) is 11.8 Å². The lowest BCUT2D eigenvalue weighted by Crippen LogP contribution is -2.28. The SMILES string of the molecule is O=C(CSCCN1CCCCCC1)NCc1ccco1. The Bertz CT molecular complexity index is 373. The molecule has 20 heavy (non-hydrogen) atoms. The summed E-state index contributed by atoms with van der Waals surface area (Å²) in [5, 5.41) is 2.87. The van der Waals surface area contributed by atoms with Crippen molar-refractivity contribution in [3.63, 3.8) is 0 Å². The molecule has 1 N–H and O–H groups in total. The fourth-order valence-corrected chi connectivity index (χ4v) is 3.19. The normalized spacial score (nSPS) is 16.8. The van der Waals surface area contributed by atoms with Gasteiger partial charge in [-0.15, -0.1) is 0 Å². The smallest absolute Gasteiger partial charge is 0.230 e. The molecule has 1 fully saturated rings. The monoisotopic (exact) mass is 296 g/mol. The zero-order valence-corrected chi connectivity index (χ0v) is 12.8. The van der Waals surface area contributed by atoms with E-state index in [0.717, 1.165) is 18.1 Å². The fourth-order valence-electron chi connectivity index (χ4n) is 2.37. The molecule has 0 bridgehead atoms. The third-order valence-corrected chi connectivity index (χ3v) is 4.46. The molecule has 1 aromatic heterocycles.